The number of thioether (sulfide) groups is 1. The van der Waals surface area contributed by atoms with E-state index in [1.165, 1.54) is 0 Å². The molecular formula is C9H21NNa2O6P2S. The maximum Gasteiger partial charge on any atom is 1.00 e. The summed E-state index contributed by atoms with van der Waals surface area (Å²) >= 11 is 1.74. The molecule has 0 radical (unpaired) electrons. The Kier molecular flexibility index (Phi) is 16.3. The normalized spacial score (nSPS) is 14.0. The standard InChI is InChI=1S/C9H23NO6P2S.2Na/c1-9(2,3)19-7-5-4-6-10-8(17(11,12)13)18(14,15)16;;/h8,10H,4-7H2,1-3H3,(H2,11,12,13)(H2,14,15,16);;/q;2*+1/p-2. The maximum absolute atomic E-state index is 10.9. The Morgan fingerprint density at radius 1 is 1.14 bits per heavy atom. The van der Waals surface area contributed by atoms with Crippen molar-refractivity contribution in [1.29, 1.82) is 0 Å². The first-order chi connectivity index (χ1) is 8.34. The van der Waals surface area contributed by atoms with Gasteiger partial charge in [-0.2, -0.15) is 11.8 Å². The Labute approximate surface area is 174 Å². The van der Waals surface area contributed by atoms with Crippen molar-refractivity contribution in [3.63, 3.8) is 0 Å². The molecule has 116 valence electrons. The van der Waals surface area contributed by atoms with E-state index in [1.807, 2.05) is 0 Å². The fourth-order valence-corrected chi connectivity index (χ4v) is 4.41. The number of nitrogens with one attached hydrogen (secondary N) is 1. The fraction of sp³-hybridized carbons (Fsp3) is 1.00. The summed E-state index contributed by atoms with van der Waals surface area (Å²) in [5.74, 6) is 0.859. The van der Waals surface area contributed by atoms with Gasteiger partial charge in [-0.05, 0) is 32.7 Å². The topological polar surface area (TPSA) is 133 Å². The molecule has 0 saturated carbocycles. The van der Waals surface area contributed by atoms with E-state index in [-0.39, 0.29) is 70.4 Å². The minimum Gasteiger partial charge on any atom is -0.809 e. The molecule has 0 aromatic heterocycles. The van der Waals surface area contributed by atoms with Crippen LogP contribution < -0.4 is 74.2 Å². The van der Waals surface area contributed by atoms with Gasteiger partial charge in [0.25, 0.3) is 0 Å². The molecule has 3 N–H and O–H groups in total. The molecule has 0 heterocycles. The second-order valence-corrected chi connectivity index (χ2v) is 10.7. The summed E-state index contributed by atoms with van der Waals surface area (Å²) in [7, 11) is -10.3. The molecule has 0 spiro atoms. The Morgan fingerprint density at radius 3 is 1.95 bits per heavy atom. The second-order valence-electron chi connectivity index (χ2n) is 5.12. The molecule has 7 nitrogen and oxygen atoms in total. The molecule has 0 aromatic rings. The molecule has 0 saturated heterocycles. The Hall–Kier alpha value is 2.61. The van der Waals surface area contributed by atoms with Crippen molar-refractivity contribution in [3.05, 3.63) is 0 Å². The summed E-state index contributed by atoms with van der Waals surface area (Å²) in [6.45, 7) is 6.30. The summed E-state index contributed by atoms with van der Waals surface area (Å²) in [5.41, 5.74) is -2.32. The van der Waals surface area contributed by atoms with E-state index >= 15 is 0 Å². The van der Waals surface area contributed by atoms with Gasteiger partial charge < -0.3 is 24.1 Å². The third-order valence-electron chi connectivity index (χ3n) is 2.05. The molecular weight excluding hydrogens is 358 g/mol. The van der Waals surface area contributed by atoms with Crippen LogP contribution in [0.3, 0.4) is 0 Å². The summed E-state index contributed by atoms with van der Waals surface area (Å²) in [5, 5.41) is 2.14. The van der Waals surface area contributed by atoms with Crippen molar-refractivity contribution in [3.8, 4) is 0 Å². The van der Waals surface area contributed by atoms with Gasteiger partial charge >= 0.3 is 66.7 Å². The van der Waals surface area contributed by atoms with Crippen LogP contribution >= 0.6 is 27.0 Å². The molecule has 0 aliphatic heterocycles. The average Bonchev–Trinajstić information content (AvgIpc) is 2.10. The number of hydrogen-bond acceptors (Lipinski definition) is 6. The van der Waals surface area contributed by atoms with Crippen LogP contribution in [0.4, 0.5) is 0 Å². The van der Waals surface area contributed by atoms with Crippen molar-refractivity contribution < 1.29 is 87.8 Å². The van der Waals surface area contributed by atoms with Crippen LogP contribution in [0.15, 0.2) is 0 Å². The van der Waals surface area contributed by atoms with Crippen LogP contribution in [-0.4, -0.2) is 32.4 Å². The predicted octanol–water partition coefficient (Wildman–Crippen LogP) is -5.73. The zero-order chi connectivity index (χ0) is 15.3. The number of unbranched alkanes of at least 4 members (excludes halogenated alkanes) is 1. The molecule has 0 bridgehead atoms. The van der Waals surface area contributed by atoms with Crippen molar-refractivity contribution >= 4 is 27.0 Å². The first kappa shape index (κ1) is 28.4. The van der Waals surface area contributed by atoms with Gasteiger partial charge in [0, 0.05) is 4.75 Å². The Bertz CT molecular complexity index is 348. The second kappa shape index (κ2) is 12.0. The van der Waals surface area contributed by atoms with E-state index in [1.54, 1.807) is 11.8 Å². The van der Waals surface area contributed by atoms with E-state index in [0.29, 0.717) is 6.42 Å². The third-order valence-corrected chi connectivity index (χ3v) is 6.76. The van der Waals surface area contributed by atoms with Crippen LogP contribution in [0.1, 0.15) is 33.6 Å². The largest absolute Gasteiger partial charge is 1.00 e. The number of hydrogen-bond donors (Lipinski definition) is 3. The monoisotopic (exact) mass is 379 g/mol. The molecule has 1 atom stereocenters. The minimum atomic E-state index is -5.36. The van der Waals surface area contributed by atoms with E-state index < -0.39 is 20.7 Å². The van der Waals surface area contributed by atoms with Crippen molar-refractivity contribution in [2.75, 3.05) is 12.3 Å². The average molecular weight is 379 g/mol. The van der Waals surface area contributed by atoms with E-state index in [4.69, 9.17) is 9.79 Å². The zero-order valence-electron chi connectivity index (χ0n) is 13.2. The van der Waals surface area contributed by atoms with E-state index in [2.05, 4.69) is 26.1 Å². The molecule has 1 unspecified atom stereocenters. The van der Waals surface area contributed by atoms with Gasteiger partial charge in [0.2, 0.25) is 0 Å². The van der Waals surface area contributed by atoms with Gasteiger partial charge in [0.1, 0.15) is 5.52 Å². The van der Waals surface area contributed by atoms with Gasteiger partial charge in [-0.25, -0.2) is 0 Å². The van der Waals surface area contributed by atoms with Crippen molar-refractivity contribution in [2.24, 2.45) is 0 Å². The molecule has 0 fully saturated rings. The molecule has 21 heavy (non-hydrogen) atoms. The molecule has 0 aliphatic rings. The van der Waals surface area contributed by atoms with E-state index in [0.717, 1.165) is 12.2 Å². The van der Waals surface area contributed by atoms with Crippen LogP contribution in [0.25, 0.3) is 0 Å². The smallest absolute Gasteiger partial charge is 0.809 e. The van der Waals surface area contributed by atoms with Crippen molar-refractivity contribution in [2.45, 2.75) is 43.9 Å². The number of rotatable bonds is 8. The van der Waals surface area contributed by atoms with Gasteiger partial charge in [0.05, 0.1) is 0 Å². The predicted molar refractivity (Wildman–Crippen MR) is 72.9 cm³/mol. The SMILES string of the molecule is CC(C)(C)SCCCCNC(P(=O)([O-])[O-])P(=O)(O)O.[Na+].[Na+]. The summed E-state index contributed by atoms with van der Waals surface area (Å²) in [6.07, 6.45) is 1.31. The third kappa shape index (κ3) is 15.9. The fourth-order valence-electron chi connectivity index (χ4n) is 1.25. The van der Waals surface area contributed by atoms with Gasteiger partial charge in [0.15, 0.2) is 0 Å². The Balaban J connectivity index is -0.00000162. The molecule has 0 amide bonds. The van der Waals surface area contributed by atoms with Crippen molar-refractivity contribution in [1.82, 2.24) is 5.32 Å². The van der Waals surface area contributed by atoms with Crippen LogP contribution in [0.2, 0.25) is 0 Å². The summed E-state index contributed by atoms with van der Waals surface area (Å²) < 4.78 is 21.8. The Morgan fingerprint density at radius 2 is 1.62 bits per heavy atom. The van der Waals surface area contributed by atoms with Gasteiger partial charge in [-0.1, -0.05) is 20.8 Å². The minimum absolute atomic E-state index is 0. The maximum atomic E-state index is 10.9. The molecule has 12 heteroatoms. The summed E-state index contributed by atoms with van der Waals surface area (Å²) in [6, 6.07) is 0. The van der Waals surface area contributed by atoms with Gasteiger partial charge in [-0.3, -0.25) is 9.88 Å². The van der Waals surface area contributed by atoms with Gasteiger partial charge in [-0.15, -0.1) is 0 Å². The van der Waals surface area contributed by atoms with Crippen LogP contribution in [-0.2, 0) is 9.13 Å². The zero-order valence-corrected chi connectivity index (χ0v) is 19.8. The quantitative estimate of drug-likeness (QED) is 0.216. The van der Waals surface area contributed by atoms with Crippen LogP contribution in [0.5, 0.6) is 0 Å². The molecule has 0 aliphatic carbocycles. The first-order valence-corrected chi connectivity index (χ1v) is 10.1. The summed E-state index contributed by atoms with van der Waals surface area (Å²) in [4.78, 5) is 39.1. The van der Waals surface area contributed by atoms with Crippen LogP contribution in [0, 0.1) is 0 Å². The molecule has 0 rings (SSSR count). The molecule has 0 aromatic carbocycles. The van der Waals surface area contributed by atoms with E-state index in [9.17, 15) is 18.9 Å². The first-order valence-electron chi connectivity index (χ1n) is 5.78.